The molecule has 1 aromatic carbocycles. The third kappa shape index (κ3) is 3.11. The molecule has 0 bridgehead atoms. The van der Waals surface area contributed by atoms with E-state index in [2.05, 4.69) is 50.0 Å². The summed E-state index contributed by atoms with van der Waals surface area (Å²) in [6.45, 7) is 6.47. The van der Waals surface area contributed by atoms with E-state index in [1.807, 2.05) is 30.5 Å². The van der Waals surface area contributed by atoms with Gasteiger partial charge in [0.2, 0.25) is 0 Å². The molecule has 0 saturated heterocycles. The zero-order valence-corrected chi connectivity index (χ0v) is 14.1. The molecule has 0 aliphatic heterocycles. The SMILES string of the molecule is COc1ccc(N=Cc2ccc3c(C)cc(C)cc(C)c2-3)cc1. The first-order valence-electron chi connectivity index (χ1n) is 7.77. The van der Waals surface area contributed by atoms with Gasteiger partial charge in [-0.15, -0.1) is 0 Å². The topological polar surface area (TPSA) is 21.6 Å². The molecular formula is C21H21NO. The Labute approximate surface area is 137 Å². The van der Waals surface area contributed by atoms with Crippen molar-refractivity contribution >= 4 is 11.9 Å². The minimum Gasteiger partial charge on any atom is -0.497 e. The van der Waals surface area contributed by atoms with Gasteiger partial charge in [-0.2, -0.15) is 0 Å². The quantitative estimate of drug-likeness (QED) is 0.587. The maximum absolute atomic E-state index is 5.18. The number of aliphatic imine (C=N–C) groups is 1. The zero-order chi connectivity index (χ0) is 16.4. The highest BCUT2D eigenvalue weighted by Crippen LogP contribution is 2.33. The van der Waals surface area contributed by atoms with E-state index in [0.717, 1.165) is 17.0 Å². The number of hydrogen-bond donors (Lipinski definition) is 0. The second-order valence-corrected chi connectivity index (χ2v) is 5.93. The molecule has 0 unspecified atom stereocenters. The number of rotatable bonds is 3. The van der Waals surface area contributed by atoms with Gasteiger partial charge in [-0.25, -0.2) is 0 Å². The molecule has 0 heterocycles. The molecule has 2 heteroatoms. The summed E-state index contributed by atoms with van der Waals surface area (Å²) >= 11 is 0. The van der Waals surface area contributed by atoms with E-state index in [9.17, 15) is 0 Å². The van der Waals surface area contributed by atoms with Crippen molar-refractivity contribution in [2.24, 2.45) is 4.99 Å². The van der Waals surface area contributed by atoms with Gasteiger partial charge >= 0.3 is 0 Å². The number of fused-ring (bicyclic) bond motifs is 1. The first-order chi connectivity index (χ1) is 11.1. The highest BCUT2D eigenvalue weighted by atomic mass is 16.5. The number of ether oxygens (including phenoxy) is 1. The van der Waals surface area contributed by atoms with E-state index >= 15 is 0 Å². The monoisotopic (exact) mass is 303 g/mol. The molecule has 0 amide bonds. The van der Waals surface area contributed by atoms with Crippen LogP contribution in [0, 0.1) is 20.8 Å². The molecule has 3 rings (SSSR count). The number of hydrogen-bond acceptors (Lipinski definition) is 2. The smallest absolute Gasteiger partial charge is 0.119 e. The third-order valence-corrected chi connectivity index (χ3v) is 4.12. The summed E-state index contributed by atoms with van der Waals surface area (Å²) in [5.41, 5.74) is 8.54. The first-order valence-corrected chi connectivity index (χ1v) is 7.77. The molecule has 0 fully saturated rings. The minimum atomic E-state index is 0.844. The summed E-state index contributed by atoms with van der Waals surface area (Å²) in [6, 6.07) is 16.6. The zero-order valence-electron chi connectivity index (χ0n) is 14.1. The van der Waals surface area contributed by atoms with Gasteiger partial charge in [-0.3, -0.25) is 4.99 Å². The van der Waals surface area contributed by atoms with E-state index in [0.29, 0.717) is 0 Å². The fourth-order valence-electron chi connectivity index (χ4n) is 3.06. The van der Waals surface area contributed by atoms with Crippen LogP contribution >= 0.6 is 0 Å². The van der Waals surface area contributed by atoms with E-state index < -0.39 is 0 Å². The Morgan fingerprint density at radius 2 is 1.57 bits per heavy atom. The van der Waals surface area contributed by atoms with Gasteiger partial charge in [0.25, 0.3) is 0 Å². The van der Waals surface area contributed by atoms with Crippen molar-refractivity contribution in [3.05, 3.63) is 70.8 Å². The molecule has 0 N–H and O–H groups in total. The Balaban J connectivity index is 2.00. The number of benzene rings is 1. The van der Waals surface area contributed by atoms with E-state index in [4.69, 9.17) is 4.74 Å². The van der Waals surface area contributed by atoms with Crippen LogP contribution < -0.4 is 4.74 Å². The third-order valence-electron chi connectivity index (χ3n) is 4.12. The standard InChI is InChI=1S/C21H21NO/c1-14-11-15(2)20-10-5-17(21(20)16(3)12-14)13-22-18-6-8-19(23-4)9-7-18/h5-13H,1-4H3. The summed E-state index contributed by atoms with van der Waals surface area (Å²) < 4.78 is 5.18. The number of aryl methyl sites for hydroxylation is 3. The molecular weight excluding hydrogens is 282 g/mol. The molecule has 0 atom stereocenters. The van der Waals surface area contributed by atoms with Crippen molar-refractivity contribution in [2.45, 2.75) is 20.8 Å². The van der Waals surface area contributed by atoms with Crippen LogP contribution in [0.4, 0.5) is 5.69 Å². The first kappa shape index (κ1) is 15.3. The molecule has 0 saturated carbocycles. The maximum atomic E-state index is 5.18. The van der Waals surface area contributed by atoms with Gasteiger partial charge in [-0.05, 0) is 67.3 Å². The predicted octanol–water partition coefficient (Wildman–Crippen LogP) is 5.48. The molecule has 1 aromatic rings. The summed E-state index contributed by atoms with van der Waals surface area (Å²) in [6.07, 6.45) is 1.95. The van der Waals surface area contributed by atoms with Gasteiger partial charge in [0.15, 0.2) is 0 Å². The van der Waals surface area contributed by atoms with Crippen LogP contribution in [0.25, 0.3) is 11.1 Å². The lowest BCUT2D eigenvalue weighted by atomic mass is 10.0. The van der Waals surface area contributed by atoms with Crippen molar-refractivity contribution in [3.63, 3.8) is 0 Å². The lowest BCUT2D eigenvalue weighted by Crippen LogP contribution is -1.85. The average Bonchev–Trinajstić information content (AvgIpc) is 2.93. The van der Waals surface area contributed by atoms with Gasteiger partial charge in [-0.1, -0.05) is 29.8 Å². The molecule has 116 valence electrons. The second kappa shape index (κ2) is 6.25. The van der Waals surface area contributed by atoms with Crippen LogP contribution in [0.5, 0.6) is 5.75 Å². The Morgan fingerprint density at radius 3 is 2.26 bits per heavy atom. The molecule has 0 radical (unpaired) electrons. The van der Waals surface area contributed by atoms with Gasteiger partial charge in [0.1, 0.15) is 5.75 Å². The summed E-state index contributed by atoms with van der Waals surface area (Å²) in [7, 11) is 1.67. The van der Waals surface area contributed by atoms with Gasteiger partial charge < -0.3 is 4.74 Å². The molecule has 0 aromatic heterocycles. The normalized spacial score (nSPS) is 11.3. The fraction of sp³-hybridized carbons (Fsp3) is 0.190. The largest absolute Gasteiger partial charge is 0.497 e. The minimum absolute atomic E-state index is 0.844. The van der Waals surface area contributed by atoms with E-state index in [1.54, 1.807) is 7.11 Å². The average molecular weight is 303 g/mol. The Kier molecular flexibility index (Phi) is 4.16. The fourth-order valence-corrected chi connectivity index (χ4v) is 3.06. The van der Waals surface area contributed by atoms with E-state index in [-0.39, 0.29) is 0 Å². The van der Waals surface area contributed by atoms with Crippen LogP contribution in [0.2, 0.25) is 0 Å². The molecule has 0 spiro atoms. The highest BCUT2D eigenvalue weighted by molar-refractivity contribution is 5.95. The summed E-state index contributed by atoms with van der Waals surface area (Å²) in [5, 5.41) is 0. The Hall–Kier alpha value is -2.61. The van der Waals surface area contributed by atoms with Crippen LogP contribution in [0.1, 0.15) is 22.3 Å². The lowest BCUT2D eigenvalue weighted by molar-refractivity contribution is 0.415. The second-order valence-electron chi connectivity index (χ2n) is 5.93. The maximum Gasteiger partial charge on any atom is 0.119 e. The summed E-state index contributed by atoms with van der Waals surface area (Å²) in [5.74, 6) is 0.844. The Bertz CT molecular complexity index is 831. The molecule has 2 aliphatic rings. The van der Waals surface area contributed by atoms with Crippen LogP contribution in [-0.4, -0.2) is 13.3 Å². The van der Waals surface area contributed by atoms with Crippen molar-refractivity contribution in [3.8, 4) is 16.9 Å². The van der Waals surface area contributed by atoms with Crippen molar-refractivity contribution < 1.29 is 4.74 Å². The highest BCUT2D eigenvalue weighted by Gasteiger charge is 2.12. The van der Waals surface area contributed by atoms with Gasteiger partial charge in [0, 0.05) is 11.8 Å². The molecule has 2 aliphatic carbocycles. The Morgan fingerprint density at radius 1 is 0.870 bits per heavy atom. The molecule has 23 heavy (non-hydrogen) atoms. The van der Waals surface area contributed by atoms with Crippen LogP contribution in [0.15, 0.2) is 53.5 Å². The molecule has 2 nitrogen and oxygen atoms in total. The summed E-state index contributed by atoms with van der Waals surface area (Å²) in [4.78, 5) is 4.61. The van der Waals surface area contributed by atoms with Crippen molar-refractivity contribution in [1.29, 1.82) is 0 Å². The lowest BCUT2D eigenvalue weighted by Gasteiger charge is -2.03. The predicted molar refractivity (Wildman–Crippen MR) is 97.5 cm³/mol. The number of nitrogens with zero attached hydrogens (tertiary/aromatic N) is 1. The van der Waals surface area contributed by atoms with Crippen LogP contribution in [0.3, 0.4) is 0 Å². The van der Waals surface area contributed by atoms with Crippen LogP contribution in [-0.2, 0) is 0 Å². The van der Waals surface area contributed by atoms with Gasteiger partial charge in [0.05, 0.1) is 12.8 Å². The van der Waals surface area contributed by atoms with Crippen molar-refractivity contribution in [1.82, 2.24) is 0 Å². The van der Waals surface area contributed by atoms with E-state index in [1.165, 1.54) is 27.8 Å². The van der Waals surface area contributed by atoms with Crippen molar-refractivity contribution in [2.75, 3.05) is 7.11 Å². The number of methoxy groups -OCH3 is 1.